The second-order valence-corrected chi connectivity index (χ2v) is 4.37. The van der Waals surface area contributed by atoms with Crippen molar-refractivity contribution in [2.75, 3.05) is 11.9 Å². The summed E-state index contributed by atoms with van der Waals surface area (Å²) in [6, 6.07) is 7.67. The number of hydrogen-bond acceptors (Lipinski definition) is 2. The first-order valence-electron chi connectivity index (χ1n) is 5.40. The standard InChI is InChI=1S/C13H14ClNO/c1-15(10-5-4-6-11(16)9-10)13-8-3-2-7-12(13)14/h2-3,7-9H,4-6H2,1H3. The summed E-state index contributed by atoms with van der Waals surface area (Å²) in [5.74, 6) is 0.208. The summed E-state index contributed by atoms with van der Waals surface area (Å²) < 4.78 is 0. The molecule has 1 aromatic carbocycles. The van der Waals surface area contributed by atoms with Crippen LogP contribution in [-0.4, -0.2) is 12.8 Å². The Morgan fingerprint density at radius 3 is 2.69 bits per heavy atom. The fourth-order valence-electron chi connectivity index (χ4n) is 1.92. The lowest BCUT2D eigenvalue weighted by atomic mass is 10.0. The molecule has 84 valence electrons. The van der Waals surface area contributed by atoms with Gasteiger partial charge in [0.15, 0.2) is 5.78 Å². The van der Waals surface area contributed by atoms with Gasteiger partial charge >= 0.3 is 0 Å². The number of allylic oxidation sites excluding steroid dienone is 2. The van der Waals surface area contributed by atoms with Crippen LogP contribution >= 0.6 is 11.6 Å². The third kappa shape index (κ3) is 2.27. The summed E-state index contributed by atoms with van der Waals surface area (Å²) in [7, 11) is 1.95. The van der Waals surface area contributed by atoms with Crippen LogP contribution in [0.5, 0.6) is 0 Å². The maximum atomic E-state index is 11.4. The van der Waals surface area contributed by atoms with E-state index in [2.05, 4.69) is 0 Å². The van der Waals surface area contributed by atoms with Gasteiger partial charge in [-0.3, -0.25) is 4.79 Å². The Labute approximate surface area is 101 Å². The summed E-state index contributed by atoms with van der Waals surface area (Å²) in [5, 5.41) is 0.712. The average Bonchev–Trinajstić information content (AvgIpc) is 2.29. The van der Waals surface area contributed by atoms with E-state index >= 15 is 0 Å². The zero-order valence-corrected chi connectivity index (χ0v) is 10.00. The highest BCUT2D eigenvalue weighted by Gasteiger charge is 2.15. The Morgan fingerprint density at radius 1 is 1.25 bits per heavy atom. The van der Waals surface area contributed by atoms with Crippen molar-refractivity contribution in [3.05, 3.63) is 41.1 Å². The monoisotopic (exact) mass is 235 g/mol. The third-order valence-corrected chi connectivity index (χ3v) is 3.15. The molecule has 0 heterocycles. The van der Waals surface area contributed by atoms with Crippen LogP contribution in [0.25, 0.3) is 0 Å². The zero-order chi connectivity index (χ0) is 11.5. The number of ketones is 1. The van der Waals surface area contributed by atoms with Crippen LogP contribution in [0.2, 0.25) is 5.02 Å². The van der Waals surface area contributed by atoms with Crippen LogP contribution in [-0.2, 0) is 4.79 Å². The van der Waals surface area contributed by atoms with Crippen LogP contribution in [0.15, 0.2) is 36.0 Å². The molecular formula is C13H14ClNO. The number of nitrogens with zero attached hydrogens (tertiary/aromatic N) is 1. The molecule has 3 heteroatoms. The van der Waals surface area contributed by atoms with Gasteiger partial charge in [-0.05, 0) is 25.0 Å². The molecule has 0 aromatic heterocycles. The predicted molar refractivity (Wildman–Crippen MR) is 66.8 cm³/mol. The van der Waals surface area contributed by atoms with E-state index < -0.39 is 0 Å². The van der Waals surface area contributed by atoms with Crippen molar-refractivity contribution < 1.29 is 4.79 Å². The molecule has 1 aliphatic rings. The van der Waals surface area contributed by atoms with Gasteiger partial charge < -0.3 is 4.90 Å². The summed E-state index contributed by atoms with van der Waals surface area (Å²) in [4.78, 5) is 13.4. The summed E-state index contributed by atoms with van der Waals surface area (Å²) in [5.41, 5.74) is 1.99. The van der Waals surface area contributed by atoms with Crippen molar-refractivity contribution >= 4 is 23.1 Å². The number of anilines is 1. The minimum absolute atomic E-state index is 0.208. The Kier molecular flexibility index (Phi) is 3.30. The molecule has 0 N–H and O–H groups in total. The maximum absolute atomic E-state index is 11.4. The fraction of sp³-hybridized carbons (Fsp3) is 0.308. The van der Waals surface area contributed by atoms with Gasteiger partial charge in [0, 0.05) is 25.2 Å². The Bertz CT molecular complexity index is 439. The SMILES string of the molecule is CN(C1=CC(=O)CCC1)c1ccccc1Cl. The van der Waals surface area contributed by atoms with Crippen molar-refractivity contribution in [2.24, 2.45) is 0 Å². The van der Waals surface area contributed by atoms with E-state index in [4.69, 9.17) is 11.6 Å². The van der Waals surface area contributed by atoms with Crippen molar-refractivity contribution in [3.63, 3.8) is 0 Å². The first-order valence-corrected chi connectivity index (χ1v) is 5.78. The van der Waals surface area contributed by atoms with Crippen LogP contribution < -0.4 is 4.90 Å². The molecule has 0 atom stereocenters. The smallest absolute Gasteiger partial charge is 0.157 e. The highest BCUT2D eigenvalue weighted by Crippen LogP contribution is 2.29. The Hall–Kier alpha value is -1.28. The van der Waals surface area contributed by atoms with Crippen molar-refractivity contribution in [1.82, 2.24) is 0 Å². The van der Waals surface area contributed by atoms with E-state index in [9.17, 15) is 4.79 Å². The van der Waals surface area contributed by atoms with E-state index in [1.54, 1.807) is 6.08 Å². The molecule has 1 aromatic rings. The minimum atomic E-state index is 0.208. The van der Waals surface area contributed by atoms with Crippen molar-refractivity contribution in [2.45, 2.75) is 19.3 Å². The first-order chi connectivity index (χ1) is 7.68. The third-order valence-electron chi connectivity index (χ3n) is 2.83. The molecule has 0 radical (unpaired) electrons. The van der Waals surface area contributed by atoms with E-state index in [1.165, 1.54) is 0 Å². The molecule has 0 saturated carbocycles. The van der Waals surface area contributed by atoms with E-state index in [-0.39, 0.29) is 5.78 Å². The Morgan fingerprint density at radius 2 is 2.00 bits per heavy atom. The van der Waals surface area contributed by atoms with Gasteiger partial charge in [-0.25, -0.2) is 0 Å². The molecule has 16 heavy (non-hydrogen) atoms. The second-order valence-electron chi connectivity index (χ2n) is 3.97. The molecule has 0 aliphatic heterocycles. The summed E-state index contributed by atoms with van der Waals surface area (Å²) >= 11 is 6.12. The zero-order valence-electron chi connectivity index (χ0n) is 9.24. The molecule has 0 spiro atoms. The largest absolute Gasteiger partial charge is 0.347 e. The molecule has 2 nitrogen and oxygen atoms in total. The van der Waals surface area contributed by atoms with Gasteiger partial charge in [-0.2, -0.15) is 0 Å². The van der Waals surface area contributed by atoms with Gasteiger partial charge in [-0.15, -0.1) is 0 Å². The summed E-state index contributed by atoms with van der Waals surface area (Å²) in [6.45, 7) is 0. The highest BCUT2D eigenvalue weighted by molar-refractivity contribution is 6.33. The number of para-hydroxylation sites is 1. The van der Waals surface area contributed by atoms with E-state index in [0.29, 0.717) is 11.4 Å². The van der Waals surface area contributed by atoms with Gasteiger partial charge in [-0.1, -0.05) is 23.7 Å². The molecule has 1 aliphatic carbocycles. The fourth-order valence-corrected chi connectivity index (χ4v) is 2.18. The van der Waals surface area contributed by atoms with Crippen LogP contribution in [0.3, 0.4) is 0 Å². The van der Waals surface area contributed by atoms with Crippen LogP contribution in [0, 0.1) is 0 Å². The van der Waals surface area contributed by atoms with Crippen LogP contribution in [0.1, 0.15) is 19.3 Å². The maximum Gasteiger partial charge on any atom is 0.157 e. The van der Waals surface area contributed by atoms with Gasteiger partial charge in [0.05, 0.1) is 10.7 Å². The second kappa shape index (κ2) is 4.71. The first kappa shape index (κ1) is 11.2. The quantitative estimate of drug-likeness (QED) is 0.783. The lowest BCUT2D eigenvalue weighted by molar-refractivity contribution is -0.115. The van der Waals surface area contributed by atoms with Crippen molar-refractivity contribution in [3.8, 4) is 0 Å². The topological polar surface area (TPSA) is 20.3 Å². The van der Waals surface area contributed by atoms with Crippen LogP contribution in [0.4, 0.5) is 5.69 Å². The summed E-state index contributed by atoms with van der Waals surface area (Å²) in [6.07, 6.45) is 4.26. The number of carbonyl (C=O) groups is 1. The number of hydrogen-bond donors (Lipinski definition) is 0. The molecule has 0 amide bonds. The average molecular weight is 236 g/mol. The highest BCUT2D eigenvalue weighted by atomic mass is 35.5. The number of benzene rings is 1. The lowest BCUT2D eigenvalue weighted by Crippen LogP contribution is -2.20. The molecule has 0 fully saturated rings. The predicted octanol–water partition coefficient (Wildman–Crippen LogP) is 3.41. The number of carbonyl (C=O) groups excluding carboxylic acids is 1. The number of halogens is 1. The normalized spacial score (nSPS) is 15.9. The molecule has 2 rings (SSSR count). The van der Waals surface area contributed by atoms with Gasteiger partial charge in [0.1, 0.15) is 0 Å². The minimum Gasteiger partial charge on any atom is -0.347 e. The van der Waals surface area contributed by atoms with E-state index in [1.807, 2.05) is 36.2 Å². The Balaban J connectivity index is 2.28. The molecular weight excluding hydrogens is 222 g/mol. The molecule has 0 unspecified atom stereocenters. The number of rotatable bonds is 2. The molecule has 0 bridgehead atoms. The van der Waals surface area contributed by atoms with E-state index in [0.717, 1.165) is 24.2 Å². The van der Waals surface area contributed by atoms with Gasteiger partial charge in [0.2, 0.25) is 0 Å². The van der Waals surface area contributed by atoms with Crippen molar-refractivity contribution in [1.29, 1.82) is 0 Å². The lowest BCUT2D eigenvalue weighted by Gasteiger charge is -2.25. The van der Waals surface area contributed by atoms with Gasteiger partial charge in [0.25, 0.3) is 0 Å². The molecule has 0 saturated heterocycles.